The summed E-state index contributed by atoms with van der Waals surface area (Å²) in [5.74, 6) is 0.822. The minimum atomic E-state index is 0.111. The van der Waals surface area contributed by atoms with Gasteiger partial charge in [-0.3, -0.25) is 0 Å². The van der Waals surface area contributed by atoms with E-state index >= 15 is 0 Å². The second-order valence-electron chi connectivity index (χ2n) is 6.94. The SMILES string of the molecule is CC(Nc1nc2c(-c3cccc(Br)c3)nnn2c2ccccc12)c1ccccc1. The minimum absolute atomic E-state index is 0.111. The summed E-state index contributed by atoms with van der Waals surface area (Å²) in [7, 11) is 0. The van der Waals surface area contributed by atoms with E-state index in [0.29, 0.717) is 0 Å². The van der Waals surface area contributed by atoms with Gasteiger partial charge in [-0.1, -0.05) is 75.7 Å². The average molecular weight is 444 g/mol. The van der Waals surface area contributed by atoms with Crippen LogP contribution >= 0.6 is 15.9 Å². The third-order valence-electron chi connectivity index (χ3n) is 5.00. The molecule has 0 aliphatic carbocycles. The van der Waals surface area contributed by atoms with E-state index in [2.05, 4.69) is 68.8 Å². The lowest BCUT2D eigenvalue weighted by Gasteiger charge is -2.17. The highest BCUT2D eigenvalue weighted by atomic mass is 79.9. The Kier molecular flexibility index (Phi) is 4.48. The lowest BCUT2D eigenvalue weighted by atomic mass is 10.1. The van der Waals surface area contributed by atoms with Crippen LogP contribution in [0, 0.1) is 0 Å². The summed E-state index contributed by atoms with van der Waals surface area (Å²) >= 11 is 3.54. The molecule has 0 fully saturated rings. The van der Waals surface area contributed by atoms with Crippen LogP contribution in [0.15, 0.2) is 83.3 Å². The van der Waals surface area contributed by atoms with Crippen molar-refractivity contribution in [2.45, 2.75) is 13.0 Å². The normalized spacial score (nSPS) is 12.3. The van der Waals surface area contributed by atoms with E-state index in [-0.39, 0.29) is 6.04 Å². The van der Waals surface area contributed by atoms with Crippen molar-refractivity contribution >= 4 is 38.3 Å². The largest absolute Gasteiger partial charge is 0.363 e. The summed E-state index contributed by atoms with van der Waals surface area (Å²) in [6.45, 7) is 2.14. The smallest absolute Gasteiger partial charge is 0.186 e. The molecule has 1 atom stereocenters. The fraction of sp³-hybridized carbons (Fsp3) is 0.0870. The highest BCUT2D eigenvalue weighted by Crippen LogP contribution is 2.30. The monoisotopic (exact) mass is 443 g/mol. The summed E-state index contributed by atoms with van der Waals surface area (Å²) in [4.78, 5) is 4.95. The Labute approximate surface area is 176 Å². The van der Waals surface area contributed by atoms with Crippen LogP contribution in [0.4, 0.5) is 5.82 Å². The molecule has 2 heterocycles. The van der Waals surface area contributed by atoms with Crippen LogP contribution in [0.2, 0.25) is 0 Å². The topological polar surface area (TPSA) is 55.1 Å². The van der Waals surface area contributed by atoms with E-state index in [1.165, 1.54) is 5.56 Å². The van der Waals surface area contributed by atoms with E-state index in [9.17, 15) is 0 Å². The first-order valence-corrected chi connectivity index (χ1v) is 10.2. The second-order valence-corrected chi connectivity index (χ2v) is 7.85. The molecular formula is C23H18BrN5. The van der Waals surface area contributed by atoms with Gasteiger partial charge in [-0.05, 0) is 36.8 Å². The molecule has 0 amide bonds. The lowest BCUT2D eigenvalue weighted by molar-refractivity contribution is 0.862. The summed E-state index contributed by atoms with van der Waals surface area (Å²) in [5.41, 5.74) is 4.63. The van der Waals surface area contributed by atoms with Gasteiger partial charge in [0, 0.05) is 21.5 Å². The maximum atomic E-state index is 4.95. The van der Waals surface area contributed by atoms with Gasteiger partial charge in [-0.2, -0.15) is 4.52 Å². The highest BCUT2D eigenvalue weighted by molar-refractivity contribution is 9.10. The van der Waals surface area contributed by atoms with Gasteiger partial charge < -0.3 is 5.32 Å². The second kappa shape index (κ2) is 7.29. The number of rotatable bonds is 4. The highest BCUT2D eigenvalue weighted by Gasteiger charge is 2.17. The van der Waals surface area contributed by atoms with Gasteiger partial charge in [0.1, 0.15) is 11.5 Å². The zero-order valence-electron chi connectivity index (χ0n) is 15.7. The van der Waals surface area contributed by atoms with Crippen LogP contribution < -0.4 is 5.32 Å². The van der Waals surface area contributed by atoms with Gasteiger partial charge in [0.15, 0.2) is 5.65 Å². The Morgan fingerprint density at radius 2 is 1.72 bits per heavy atom. The quantitative estimate of drug-likeness (QED) is 0.376. The molecule has 3 aromatic carbocycles. The van der Waals surface area contributed by atoms with Crippen molar-refractivity contribution in [2.75, 3.05) is 5.32 Å². The van der Waals surface area contributed by atoms with Gasteiger partial charge in [-0.15, -0.1) is 5.10 Å². The van der Waals surface area contributed by atoms with Crippen molar-refractivity contribution in [3.05, 3.63) is 88.9 Å². The summed E-state index contributed by atoms with van der Waals surface area (Å²) in [6.07, 6.45) is 0. The molecule has 0 bridgehead atoms. The molecule has 6 heteroatoms. The van der Waals surface area contributed by atoms with Gasteiger partial charge in [0.2, 0.25) is 0 Å². The average Bonchev–Trinajstić information content (AvgIpc) is 3.18. The van der Waals surface area contributed by atoms with Crippen molar-refractivity contribution in [2.24, 2.45) is 0 Å². The van der Waals surface area contributed by atoms with Crippen LogP contribution in [-0.2, 0) is 0 Å². The zero-order chi connectivity index (χ0) is 19.8. The van der Waals surface area contributed by atoms with Crippen LogP contribution in [0.3, 0.4) is 0 Å². The van der Waals surface area contributed by atoms with Crippen molar-refractivity contribution in [1.82, 2.24) is 19.8 Å². The van der Waals surface area contributed by atoms with E-state index in [0.717, 1.165) is 38.1 Å². The number of aromatic nitrogens is 4. The number of anilines is 1. The third-order valence-corrected chi connectivity index (χ3v) is 5.50. The molecule has 0 aliphatic rings. The first-order valence-electron chi connectivity index (χ1n) is 9.42. The molecule has 5 aromatic rings. The van der Waals surface area contributed by atoms with E-state index in [1.807, 2.05) is 53.0 Å². The van der Waals surface area contributed by atoms with Crippen LogP contribution in [0.25, 0.3) is 27.8 Å². The third kappa shape index (κ3) is 3.25. The van der Waals surface area contributed by atoms with E-state index in [1.54, 1.807) is 0 Å². The van der Waals surface area contributed by atoms with Gasteiger partial charge >= 0.3 is 0 Å². The predicted molar refractivity (Wildman–Crippen MR) is 120 cm³/mol. The molecule has 0 aliphatic heterocycles. The summed E-state index contributed by atoms with van der Waals surface area (Å²) < 4.78 is 2.80. The molecule has 0 saturated heterocycles. The Hall–Kier alpha value is -3.25. The molecule has 0 saturated carbocycles. The maximum absolute atomic E-state index is 4.95. The molecule has 0 radical (unpaired) electrons. The van der Waals surface area contributed by atoms with Crippen LogP contribution in [0.1, 0.15) is 18.5 Å². The molecule has 29 heavy (non-hydrogen) atoms. The van der Waals surface area contributed by atoms with Crippen molar-refractivity contribution in [1.29, 1.82) is 0 Å². The fourth-order valence-electron chi connectivity index (χ4n) is 3.53. The van der Waals surface area contributed by atoms with Gasteiger partial charge in [0.05, 0.1) is 5.52 Å². The van der Waals surface area contributed by atoms with Gasteiger partial charge in [-0.25, -0.2) is 4.98 Å². The Bertz CT molecular complexity index is 1310. The van der Waals surface area contributed by atoms with E-state index in [4.69, 9.17) is 4.98 Å². The van der Waals surface area contributed by atoms with Crippen molar-refractivity contribution in [3.63, 3.8) is 0 Å². The molecule has 5 nitrogen and oxygen atoms in total. The van der Waals surface area contributed by atoms with Crippen LogP contribution in [0.5, 0.6) is 0 Å². The number of hydrogen-bond acceptors (Lipinski definition) is 4. The number of fused-ring (bicyclic) bond motifs is 3. The Balaban J connectivity index is 1.69. The number of halogens is 1. The number of nitrogens with one attached hydrogen (secondary N) is 1. The minimum Gasteiger partial charge on any atom is -0.363 e. The standard InChI is InChI=1S/C23H18BrN5/c1-15(16-8-3-2-4-9-16)25-22-19-12-5-6-13-20(19)29-23(26-22)21(27-28-29)17-10-7-11-18(24)14-17/h2-15H,1H3,(H,25,26). The predicted octanol–water partition coefficient (Wildman–Crippen LogP) is 5.88. The Morgan fingerprint density at radius 3 is 2.55 bits per heavy atom. The number of benzene rings is 3. The number of hydrogen-bond donors (Lipinski definition) is 1. The zero-order valence-corrected chi connectivity index (χ0v) is 17.3. The maximum Gasteiger partial charge on any atom is 0.186 e. The molecule has 2 aromatic heterocycles. The van der Waals surface area contributed by atoms with Gasteiger partial charge in [0.25, 0.3) is 0 Å². The number of nitrogens with zero attached hydrogens (tertiary/aromatic N) is 4. The number of para-hydroxylation sites is 1. The van der Waals surface area contributed by atoms with Crippen LogP contribution in [-0.4, -0.2) is 19.8 Å². The fourth-order valence-corrected chi connectivity index (χ4v) is 3.93. The summed E-state index contributed by atoms with van der Waals surface area (Å²) in [6, 6.07) is 26.6. The molecule has 5 rings (SSSR count). The molecule has 1 unspecified atom stereocenters. The lowest BCUT2D eigenvalue weighted by Crippen LogP contribution is -2.09. The molecular weight excluding hydrogens is 426 g/mol. The Morgan fingerprint density at radius 1 is 0.931 bits per heavy atom. The van der Waals surface area contributed by atoms with Crippen molar-refractivity contribution < 1.29 is 0 Å². The molecule has 0 spiro atoms. The molecule has 142 valence electrons. The molecule has 1 N–H and O–H groups in total. The summed E-state index contributed by atoms with van der Waals surface area (Å²) in [5, 5.41) is 13.4. The first kappa shape index (κ1) is 17.8. The first-order chi connectivity index (χ1) is 14.2. The van der Waals surface area contributed by atoms with E-state index < -0.39 is 0 Å². The van der Waals surface area contributed by atoms with Crippen molar-refractivity contribution in [3.8, 4) is 11.3 Å².